The molecule has 12 heteroatoms. The zero-order valence-corrected chi connectivity index (χ0v) is 25.7. The monoisotopic (exact) mass is 624 g/mol. The molecule has 0 spiro atoms. The molecule has 1 atom stereocenters. The average molecular weight is 625 g/mol. The van der Waals surface area contributed by atoms with Crippen LogP contribution in [0.5, 0.6) is 6.01 Å². The number of halogens is 3. The molecule has 0 bridgehead atoms. The number of anilines is 2. The van der Waals surface area contributed by atoms with E-state index in [1.165, 1.54) is 12.1 Å². The molecule has 43 heavy (non-hydrogen) atoms. The van der Waals surface area contributed by atoms with Crippen LogP contribution in [0, 0.1) is 45.6 Å². The fourth-order valence-corrected chi connectivity index (χ4v) is 6.80. The largest absolute Gasteiger partial charge is 0.463 e. The molecular formula is C31H31ClF2N6O2S. The third-order valence-corrected chi connectivity index (χ3v) is 8.90. The molecule has 0 aliphatic carbocycles. The van der Waals surface area contributed by atoms with Crippen molar-refractivity contribution < 1.29 is 18.3 Å². The lowest BCUT2D eigenvalue weighted by atomic mass is 9.89. The predicted molar refractivity (Wildman–Crippen MR) is 165 cm³/mol. The maximum Gasteiger partial charge on any atom is 0.319 e. The van der Waals surface area contributed by atoms with Crippen molar-refractivity contribution in [3.63, 3.8) is 0 Å². The number of nitrogen functional groups attached to an aromatic ring is 1. The van der Waals surface area contributed by atoms with Crippen molar-refractivity contribution in [2.45, 2.75) is 40.0 Å². The first kappa shape index (κ1) is 30.7. The molecule has 1 fully saturated rings. The molecule has 1 unspecified atom stereocenters. The summed E-state index contributed by atoms with van der Waals surface area (Å²) in [6.07, 6.45) is 2.17. The second-order valence-electron chi connectivity index (χ2n) is 11.5. The first-order valence-electron chi connectivity index (χ1n) is 14.0. The topological polar surface area (TPSA) is 121 Å². The van der Waals surface area contributed by atoms with E-state index in [1.54, 1.807) is 6.07 Å². The van der Waals surface area contributed by atoms with Crippen LogP contribution in [-0.4, -0.2) is 42.9 Å². The smallest absolute Gasteiger partial charge is 0.319 e. The first-order valence-corrected chi connectivity index (χ1v) is 15.2. The second-order valence-corrected chi connectivity index (χ2v) is 12.9. The van der Waals surface area contributed by atoms with Crippen LogP contribution >= 0.6 is 22.9 Å². The molecule has 2 aromatic carbocycles. The highest BCUT2D eigenvalue weighted by Gasteiger charge is 2.28. The van der Waals surface area contributed by atoms with Crippen LogP contribution in [0.2, 0.25) is 5.02 Å². The molecule has 1 saturated heterocycles. The molecule has 3 heterocycles. The SMILES string of the molecule is CCCC(C)(C)COc1nc(N2CCOCC(CC#N)C2)c2cc(Cl)c(-c3ccc(F)c4sc(N)c(C#N)c34)c(F)c2n1. The minimum Gasteiger partial charge on any atom is -0.463 e. The number of fused-ring (bicyclic) bond motifs is 2. The Bertz CT molecular complexity index is 1780. The second kappa shape index (κ2) is 12.5. The zero-order valence-electron chi connectivity index (χ0n) is 24.1. The van der Waals surface area contributed by atoms with Crippen LogP contribution < -0.4 is 15.4 Å². The van der Waals surface area contributed by atoms with E-state index < -0.39 is 11.6 Å². The van der Waals surface area contributed by atoms with E-state index in [1.807, 2.05) is 11.0 Å². The number of thiophene rings is 1. The lowest BCUT2D eigenvalue weighted by Gasteiger charge is -2.27. The van der Waals surface area contributed by atoms with Gasteiger partial charge in [-0.2, -0.15) is 20.5 Å². The number of hydrogen-bond donors (Lipinski definition) is 1. The Hall–Kier alpha value is -3.77. The molecule has 0 saturated carbocycles. The number of nitrogens with zero attached hydrogens (tertiary/aromatic N) is 5. The molecule has 1 aliphatic rings. The molecule has 4 aromatic rings. The molecule has 2 N–H and O–H groups in total. The third-order valence-electron chi connectivity index (χ3n) is 7.58. The first-order chi connectivity index (χ1) is 20.6. The van der Waals surface area contributed by atoms with Gasteiger partial charge in [-0.05, 0) is 29.5 Å². The Morgan fingerprint density at radius 2 is 2.07 bits per heavy atom. The number of ether oxygens (including phenoxy) is 2. The number of hydrogen-bond acceptors (Lipinski definition) is 9. The lowest BCUT2D eigenvalue weighted by molar-refractivity contribution is 0.125. The van der Waals surface area contributed by atoms with Gasteiger partial charge in [-0.15, -0.1) is 11.3 Å². The van der Waals surface area contributed by atoms with Gasteiger partial charge in [-0.25, -0.2) is 8.78 Å². The minimum absolute atomic E-state index is 0.00240. The highest BCUT2D eigenvalue weighted by molar-refractivity contribution is 7.23. The summed E-state index contributed by atoms with van der Waals surface area (Å²) in [7, 11) is 0. The highest BCUT2D eigenvalue weighted by atomic mass is 35.5. The number of aromatic nitrogens is 2. The van der Waals surface area contributed by atoms with E-state index in [-0.39, 0.29) is 59.7 Å². The van der Waals surface area contributed by atoms with Gasteiger partial charge in [-0.3, -0.25) is 0 Å². The van der Waals surface area contributed by atoms with Crippen molar-refractivity contribution in [1.82, 2.24) is 9.97 Å². The van der Waals surface area contributed by atoms with Gasteiger partial charge >= 0.3 is 6.01 Å². The maximum absolute atomic E-state index is 16.8. The Labute approximate surface area is 257 Å². The molecule has 1 aliphatic heterocycles. The average Bonchev–Trinajstić information content (AvgIpc) is 3.13. The molecule has 224 valence electrons. The quantitative estimate of drug-likeness (QED) is 0.214. The van der Waals surface area contributed by atoms with Crippen molar-refractivity contribution in [1.29, 1.82) is 10.5 Å². The number of nitrogens with two attached hydrogens (primary N) is 1. The van der Waals surface area contributed by atoms with Crippen molar-refractivity contribution in [2.24, 2.45) is 11.3 Å². The van der Waals surface area contributed by atoms with Gasteiger partial charge in [-0.1, -0.05) is 44.9 Å². The lowest BCUT2D eigenvalue weighted by Crippen LogP contribution is -2.31. The van der Waals surface area contributed by atoms with Crippen molar-refractivity contribution in [3.05, 3.63) is 40.4 Å². The fraction of sp³-hybridized carbons (Fsp3) is 0.419. The van der Waals surface area contributed by atoms with Crippen LogP contribution in [0.25, 0.3) is 32.1 Å². The van der Waals surface area contributed by atoms with E-state index in [2.05, 4.69) is 31.8 Å². The summed E-state index contributed by atoms with van der Waals surface area (Å²) in [5.74, 6) is -0.994. The Morgan fingerprint density at radius 1 is 1.28 bits per heavy atom. The summed E-state index contributed by atoms with van der Waals surface area (Å²) in [5.41, 5.74) is 6.09. The Balaban J connectivity index is 1.73. The van der Waals surface area contributed by atoms with Crippen molar-refractivity contribution in [3.8, 4) is 29.3 Å². The van der Waals surface area contributed by atoms with Gasteiger partial charge in [0.15, 0.2) is 5.82 Å². The van der Waals surface area contributed by atoms with Gasteiger partial charge < -0.3 is 20.1 Å². The molecule has 5 rings (SSSR count). The van der Waals surface area contributed by atoms with Crippen LogP contribution in [0.3, 0.4) is 0 Å². The predicted octanol–water partition coefficient (Wildman–Crippen LogP) is 7.47. The van der Waals surface area contributed by atoms with Crippen LogP contribution in [0.15, 0.2) is 18.2 Å². The fourth-order valence-electron chi connectivity index (χ4n) is 5.56. The van der Waals surface area contributed by atoms with E-state index in [4.69, 9.17) is 31.8 Å². The van der Waals surface area contributed by atoms with Gasteiger partial charge in [0, 0.05) is 41.8 Å². The summed E-state index contributed by atoms with van der Waals surface area (Å²) in [4.78, 5) is 11.2. The van der Waals surface area contributed by atoms with E-state index in [0.29, 0.717) is 50.5 Å². The summed E-state index contributed by atoms with van der Waals surface area (Å²) in [5, 5.41) is 19.8. The number of nitriles is 2. The van der Waals surface area contributed by atoms with Gasteiger partial charge in [0.25, 0.3) is 0 Å². The third kappa shape index (κ3) is 6.03. The van der Waals surface area contributed by atoms with Crippen LogP contribution in [-0.2, 0) is 4.74 Å². The van der Waals surface area contributed by atoms with Gasteiger partial charge in [0.1, 0.15) is 28.2 Å². The minimum atomic E-state index is -0.759. The zero-order chi connectivity index (χ0) is 30.9. The van der Waals surface area contributed by atoms with Gasteiger partial charge in [0.05, 0.1) is 41.2 Å². The summed E-state index contributed by atoms with van der Waals surface area (Å²) >= 11 is 7.71. The van der Waals surface area contributed by atoms with E-state index in [0.717, 1.165) is 24.2 Å². The van der Waals surface area contributed by atoms with E-state index in [9.17, 15) is 14.9 Å². The molecule has 8 nitrogen and oxygen atoms in total. The number of rotatable bonds is 8. The Morgan fingerprint density at radius 3 is 2.79 bits per heavy atom. The number of benzene rings is 2. The summed E-state index contributed by atoms with van der Waals surface area (Å²) < 4.78 is 43.5. The molecule has 0 radical (unpaired) electrons. The molecule has 2 aromatic heterocycles. The van der Waals surface area contributed by atoms with Crippen LogP contribution in [0.1, 0.15) is 45.6 Å². The Kier molecular flexibility index (Phi) is 8.89. The van der Waals surface area contributed by atoms with E-state index >= 15 is 4.39 Å². The van der Waals surface area contributed by atoms with Crippen LogP contribution in [0.4, 0.5) is 19.6 Å². The highest BCUT2D eigenvalue weighted by Crippen LogP contribution is 2.45. The standard InChI is InChI=1S/C31H31ClF2N6O2S/c1-4-8-31(2,3)16-42-30-38-26-19(29(39-30)40-10-11-41-15-17(14-40)7-9-35)12-21(32)24(25(26)34)18-5-6-22(33)27-23(18)20(13-36)28(37)43-27/h5-6,12,17H,4,7-8,10-11,14-16,37H2,1-3H3. The summed E-state index contributed by atoms with van der Waals surface area (Å²) in [6.45, 7) is 8.29. The summed E-state index contributed by atoms with van der Waals surface area (Å²) in [6, 6.07) is 8.41. The molecule has 0 amide bonds. The van der Waals surface area contributed by atoms with Gasteiger partial charge in [0.2, 0.25) is 0 Å². The van der Waals surface area contributed by atoms with Crippen molar-refractivity contribution >= 4 is 54.7 Å². The van der Waals surface area contributed by atoms with Crippen molar-refractivity contribution in [2.75, 3.05) is 43.5 Å². The molecular weight excluding hydrogens is 594 g/mol. The maximum atomic E-state index is 16.8. The normalized spacial score (nSPS) is 15.8.